The second-order valence-electron chi connectivity index (χ2n) is 4.80. The number of rotatable bonds is 5. The summed E-state index contributed by atoms with van der Waals surface area (Å²) in [7, 11) is 0. The summed E-state index contributed by atoms with van der Waals surface area (Å²) in [5.74, 6) is 0.875. The summed E-state index contributed by atoms with van der Waals surface area (Å²) >= 11 is 0. The van der Waals surface area contributed by atoms with Crippen LogP contribution in [0.25, 0.3) is 0 Å². The van der Waals surface area contributed by atoms with Crippen LogP contribution in [0.4, 0.5) is 5.69 Å². The third kappa shape index (κ3) is 3.63. The smallest absolute Gasteiger partial charge is 0.121 e. The largest absolute Gasteiger partial charge is 0.493 e. The molecule has 0 saturated carbocycles. The first-order chi connectivity index (χ1) is 8.25. The first-order valence-corrected chi connectivity index (χ1v) is 6.48. The van der Waals surface area contributed by atoms with Crippen LogP contribution in [0.5, 0.6) is 5.75 Å². The minimum absolute atomic E-state index is 0.752. The normalized spacial score (nSPS) is 20.6. The Balaban J connectivity index is 1.66. The molecule has 1 aromatic carbocycles. The standard InChI is InChI=1S/C14H22N2O/c1-12-5-3-8-16(12)9-4-10-17-14-7-2-6-13(15)11-14/h2,6-7,11-12H,3-5,8-10,15H2,1H3. The molecular formula is C14H22N2O. The number of nitrogens with two attached hydrogens (primary N) is 1. The van der Waals surface area contributed by atoms with E-state index in [4.69, 9.17) is 10.5 Å². The van der Waals surface area contributed by atoms with E-state index in [9.17, 15) is 0 Å². The van der Waals surface area contributed by atoms with Gasteiger partial charge in [-0.3, -0.25) is 0 Å². The molecule has 1 aliphatic rings. The van der Waals surface area contributed by atoms with Gasteiger partial charge in [-0.1, -0.05) is 6.07 Å². The van der Waals surface area contributed by atoms with E-state index >= 15 is 0 Å². The number of hydrogen-bond acceptors (Lipinski definition) is 3. The number of ether oxygens (including phenoxy) is 1. The van der Waals surface area contributed by atoms with Gasteiger partial charge in [-0.25, -0.2) is 0 Å². The highest BCUT2D eigenvalue weighted by Crippen LogP contribution is 2.17. The van der Waals surface area contributed by atoms with Crippen molar-refractivity contribution in [1.29, 1.82) is 0 Å². The minimum atomic E-state index is 0.752. The average Bonchev–Trinajstić information content (AvgIpc) is 2.71. The summed E-state index contributed by atoms with van der Waals surface area (Å²) in [4.78, 5) is 2.54. The van der Waals surface area contributed by atoms with Crippen LogP contribution in [0.1, 0.15) is 26.2 Å². The molecule has 0 aromatic heterocycles. The summed E-state index contributed by atoms with van der Waals surface area (Å²) in [5, 5.41) is 0. The van der Waals surface area contributed by atoms with Crippen LogP contribution in [0.2, 0.25) is 0 Å². The van der Waals surface area contributed by atoms with Gasteiger partial charge in [-0.05, 0) is 44.9 Å². The van der Waals surface area contributed by atoms with E-state index < -0.39 is 0 Å². The molecule has 0 radical (unpaired) electrons. The molecular weight excluding hydrogens is 212 g/mol. The Kier molecular flexibility index (Phi) is 4.26. The molecule has 2 N–H and O–H groups in total. The first kappa shape index (κ1) is 12.2. The lowest BCUT2D eigenvalue weighted by atomic mass is 10.2. The van der Waals surface area contributed by atoms with Crippen LogP contribution in [0.3, 0.4) is 0 Å². The van der Waals surface area contributed by atoms with Crippen molar-refractivity contribution in [3.8, 4) is 5.75 Å². The van der Waals surface area contributed by atoms with Crippen LogP contribution in [-0.2, 0) is 0 Å². The molecule has 1 fully saturated rings. The molecule has 3 nitrogen and oxygen atoms in total. The topological polar surface area (TPSA) is 38.5 Å². The van der Waals surface area contributed by atoms with Crippen molar-refractivity contribution in [3.63, 3.8) is 0 Å². The van der Waals surface area contributed by atoms with Crippen molar-refractivity contribution in [2.24, 2.45) is 0 Å². The predicted octanol–water partition coefficient (Wildman–Crippen LogP) is 2.52. The van der Waals surface area contributed by atoms with Gasteiger partial charge in [-0.2, -0.15) is 0 Å². The minimum Gasteiger partial charge on any atom is -0.493 e. The van der Waals surface area contributed by atoms with E-state index in [0.29, 0.717) is 0 Å². The zero-order chi connectivity index (χ0) is 12.1. The van der Waals surface area contributed by atoms with Crippen molar-refractivity contribution in [2.45, 2.75) is 32.2 Å². The Hall–Kier alpha value is -1.22. The number of hydrogen-bond donors (Lipinski definition) is 1. The SMILES string of the molecule is CC1CCCN1CCCOc1cccc(N)c1. The quantitative estimate of drug-likeness (QED) is 0.628. The molecule has 0 bridgehead atoms. The van der Waals surface area contributed by atoms with Gasteiger partial charge < -0.3 is 15.4 Å². The second-order valence-corrected chi connectivity index (χ2v) is 4.80. The summed E-state index contributed by atoms with van der Waals surface area (Å²) in [5.41, 5.74) is 6.45. The number of likely N-dealkylation sites (tertiary alicyclic amines) is 1. The Labute approximate surface area is 104 Å². The van der Waals surface area contributed by atoms with Gasteiger partial charge in [0.15, 0.2) is 0 Å². The van der Waals surface area contributed by atoms with Gasteiger partial charge in [0.05, 0.1) is 6.61 Å². The van der Waals surface area contributed by atoms with E-state index in [-0.39, 0.29) is 0 Å². The molecule has 1 atom stereocenters. The maximum absolute atomic E-state index is 5.69. The van der Waals surface area contributed by atoms with E-state index in [0.717, 1.165) is 37.1 Å². The fraction of sp³-hybridized carbons (Fsp3) is 0.571. The molecule has 0 amide bonds. The van der Waals surface area contributed by atoms with Crippen LogP contribution in [0, 0.1) is 0 Å². The Bertz CT molecular complexity index is 354. The number of nitrogens with zero attached hydrogens (tertiary/aromatic N) is 1. The van der Waals surface area contributed by atoms with E-state index in [1.807, 2.05) is 24.3 Å². The average molecular weight is 234 g/mol. The van der Waals surface area contributed by atoms with Crippen LogP contribution in [-0.4, -0.2) is 30.6 Å². The van der Waals surface area contributed by atoms with Gasteiger partial charge in [0.1, 0.15) is 5.75 Å². The first-order valence-electron chi connectivity index (χ1n) is 6.48. The molecule has 1 saturated heterocycles. The van der Waals surface area contributed by atoms with Crippen LogP contribution >= 0.6 is 0 Å². The number of benzene rings is 1. The highest BCUT2D eigenvalue weighted by molar-refractivity contribution is 5.43. The van der Waals surface area contributed by atoms with Crippen molar-refractivity contribution in [1.82, 2.24) is 4.90 Å². The van der Waals surface area contributed by atoms with Gasteiger partial charge in [0.2, 0.25) is 0 Å². The van der Waals surface area contributed by atoms with Crippen LogP contribution < -0.4 is 10.5 Å². The van der Waals surface area contributed by atoms with Crippen molar-refractivity contribution >= 4 is 5.69 Å². The van der Waals surface area contributed by atoms with Gasteiger partial charge >= 0.3 is 0 Å². The van der Waals surface area contributed by atoms with Gasteiger partial charge in [0.25, 0.3) is 0 Å². The summed E-state index contributed by atoms with van der Waals surface area (Å²) < 4.78 is 5.68. The molecule has 0 spiro atoms. The van der Waals surface area contributed by atoms with Gasteiger partial charge in [0, 0.05) is 24.3 Å². The third-order valence-corrected chi connectivity index (χ3v) is 3.41. The summed E-state index contributed by atoms with van der Waals surface area (Å²) in [6, 6.07) is 8.38. The monoisotopic (exact) mass is 234 g/mol. The lowest BCUT2D eigenvalue weighted by Crippen LogP contribution is -2.28. The van der Waals surface area contributed by atoms with E-state index in [1.54, 1.807) is 0 Å². The molecule has 94 valence electrons. The van der Waals surface area contributed by atoms with E-state index in [2.05, 4.69) is 11.8 Å². The molecule has 3 heteroatoms. The van der Waals surface area contributed by atoms with Crippen molar-refractivity contribution in [2.75, 3.05) is 25.4 Å². The summed E-state index contributed by atoms with van der Waals surface area (Å²) in [6.45, 7) is 5.47. The molecule has 1 heterocycles. The number of nitrogen functional groups attached to an aromatic ring is 1. The maximum atomic E-state index is 5.69. The fourth-order valence-corrected chi connectivity index (χ4v) is 2.39. The Morgan fingerprint density at radius 1 is 1.47 bits per heavy atom. The fourth-order valence-electron chi connectivity index (χ4n) is 2.39. The summed E-state index contributed by atoms with van der Waals surface area (Å²) in [6.07, 6.45) is 3.77. The Morgan fingerprint density at radius 3 is 3.06 bits per heavy atom. The number of anilines is 1. The highest BCUT2D eigenvalue weighted by atomic mass is 16.5. The molecule has 17 heavy (non-hydrogen) atoms. The zero-order valence-corrected chi connectivity index (χ0v) is 10.6. The van der Waals surface area contributed by atoms with E-state index in [1.165, 1.54) is 19.4 Å². The lowest BCUT2D eigenvalue weighted by Gasteiger charge is -2.20. The zero-order valence-electron chi connectivity index (χ0n) is 10.6. The molecule has 1 unspecified atom stereocenters. The Morgan fingerprint density at radius 2 is 2.35 bits per heavy atom. The third-order valence-electron chi connectivity index (χ3n) is 3.41. The molecule has 0 aliphatic carbocycles. The molecule has 1 aromatic rings. The predicted molar refractivity (Wildman–Crippen MR) is 71.2 cm³/mol. The van der Waals surface area contributed by atoms with Crippen molar-refractivity contribution in [3.05, 3.63) is 24.3 Å². The second kappa shape index (κ2) is 5.92. The lowest BCUT2D eigenvalue weighted by molar-refractivity contribution is 0.230. The highest BCUT2D eigenvalue weighted by Gasteiger charge is 2.18. The van der Waals surface area contributed by atoms with Crippen molar-refractivity contribution < 1.29 is 4.74 Å². The van der Waals surface area contributed by atoms with Gasteiger partial charge in [-0.15, -0.1) is 0 Å². The maximum Gasteiger partial charge on any atom is 0.121 e. The molecule has 1 aliphatic heterocycles. The van der Waals surface area contributed by atoms with Crippen LogP contribution in [0.15, 0.2) is 24.3 Å². The molecule has 2 rings (SSSR count).